The van der Waals surface area contributed by atoms with Crippen LogP contribution in [0, 0.1) is 17.0 Å². The van der Waals surface area contributed by atoms with E-state index in [9.17, 15) is 14.9 Å². The summed E-state index contributed by atoms with van der Waals surface area (Å²) < 4.78 is 0. The molecule has 0 spiro atoms. The highest BCUT2D eigenvalue weighted by atomic mass is 35.5. The van der Waals surface area contributed by atoms with E-state index in [0.717, 1.165) is 0 Å². The fraction of sp³-hybridized carbons (Fsp3) is 0.222. The Morgan fingerprint density at radius 2 is 2.13 bits per heavy atom. The number of carbonyl (C=O) groups excluding carboxylic acids is 1. The summed E-state index contributed by atoms with van der Waals surface area (Å²) in [5.41, 5.74) is 0.257. The van der Waals surface area contributed by atoms with Crippen LogP contribution in [0.1, 0.15) is 15.9 Å². The summed E-state index contributed by atoms with van der Waals surface area (Å²) in [6.07, 6.45) is 0. The van der Waals surface area contributed by atoms with Crippen LogP contribution >= 0.6 is 23.2 Å². The molecule has 0 aromatic heterocycles. The molecule has 0 fully saturated rings. The maximum atomic E-state index is 11.3. The third-order valence-corrected chi connectivity index (χ3v) is 2.55. The Kier molecular flexibility index (Phi) is 3.66. The minimum atomic E-state index is -0.608. The van der Waals surface area contributed by atoms with Gasteiger partial charge in [0, 0.05) is 11.1 Å². The van der Waals surface area contributed by atoms with Crippen LogP contribution in [0.2, 0.25) is 5.02 Å². The standard InChI is InChI=1S/C9H7Cl2NO3/c1-5-2-3-6(7(13)4-10)8(11)9(5)12(14)15/h2-3H,4H2,1H3. The molecular formula is C9H7Cl2NO3. The predicted molar refractivity (Wildman–Crippen MR) is 57.9 cm³/mol. The fourth-order valence-electron chi connectivity index (χ4n) is 1.17. The van der Waals surface area contributed by atoms with Gasteiger partial charge in [0.15, 0.2) is 5.78 Å². The summed E-state index contributed by atoms with van der Waals surface area (Å²) in [6.45, 7) is 1.55. The second-order valence-electron chi connectivity index (χ2n) is 2.91. The quantitative estimate of drug-likeness (QED) is 0.357. The van der Waals surface area contributed by atoms with Crippen molar-refractivity contribution in [2.75, 3.05) is 5.88 Å². The zero-order valence-corrected chi connectivity index (χ0v) is 9.30. The molecule has 0 unspecified atom stereocenters. The first-order valence-electron chi connectivity index (χ1n) is 4.01. The lowest BCUT2D eigenvalue weighted by Crippen LogP contribution is -2.04. The second kappa shape index (κ2) is 4.59. The number of ketones is 1. The Hall–Kier alpha value is -1.13. The molecule has 4 nitrogen and oxygen atoms in total. The Labute approximate surface area is 95.9 Å². The molecule has 1 aromatic carbocycles. The van der Waals surface area contributed by atoms with Gasteiger partial charge in [-0.25, -0.2) is 0 Å². The summed E-state index contributed by atoms with van der Waals surface area (Å²) in [7, 11) is 0. The van der Waals surface area contributed by atoms with Crippen molar-refractivity contribution in [1.82, 2.24) is 0 Å². The summed E-state index contributed by atoms with van der Waals surface area (Å²) in [6, 6.07) is 2.92. The van der Waals surface area contributed by atoms with E-state index in [-0.39, 0.29) is 22.2 Å². The number of aryl methyl sites for hydroxylation is 1. The number of carbonyl (C=O) groups is 1. The summed E-state index contributed by atoms with van der Waals surface area (Å²) in [5, 5.41) is 10.5. The largest absolute Gasteiger partial charge is 0.293 e. The van der Waals surface area contributed by atoms with Crippen LogP contribution in [-0.2, 0) is 0 Å². The van der Waals surface area contributed by atoms with Crippen molar-refractivity contribution in [2.24, 2.45) is 0 Å². The molecule has 1 aromatic rings. The lowest BCUT2D eigenvalue weighted by Gasteiger charge is -2.04. The van der Waals surface area contributed by atoms with Gasteiger partial charge in [-0.1, -0.05) is 17.7 Å². The number of hydrogen-bond acceptors (Lipinski definition) is 3. The molecule has 6 heteroatoms. The first-order chi connectivity index (χ1) is 6.99. The average Bonchev–Trinajstić information content (AvgIpc) is 2.16. The number of nitro groups is 1. The van der Waals surface area contributed by atoms with E-state index in [2.05, 4.69) is 0 Å². The molecule has 80 valence electrons. The highest BCUT2D eigenvalue weighted by Crippen LogP contribution is 2.31. The van der Waals surface area contributed by atoms with Crippen LogP contribution in [0.15, 0.2) is 12.1 Å². The molecule has 1 rings (SSSR count). The Bertz CT molecular complexity index is 432. The van der Waals surface area contributed by atoms with Crippen LogP contribution in [0.4, 0.5) is 5.69 Å². The normalized spacial score (nSPS) is 10.1. The first-order valence-corrected chi connectivity index (χ1v) is 4.93. The average molecular weight is 248 g/mol. The zero-order chi connectivity index (χ0) is 11.6. The van der Waals surface area contributed by atoms with E-state index >= 15 is 0 Å². The Balaban J connectivity index is 3.41. The number of halogens is 2. The number of hydrogen-bond donors (Lipinski definition) is 0. The van der Waals surface area contributed by atoms with Crippen molar-refractivity contribution in [3.8, 4) is 0 Å². The van der Waals surface area contributed by atoms with Gasteiger partial charge >= 0.3 is 0 Å². The number of benzene rings is 1. The van der Waals surface area contributed by atoms with Crippen molar-refractivity contribution in [3.05, 3.63) is 38.4 Å². The highest BCUT2D eigenvalue weighted by Gasteiger charge is 2.22. The van der Waals surface area contributed by atoms with Crippen LogP contribution in [0.25, 0.3) is 0 Å². The lowest BCUT2D eigenvalue weighted by atomic mass is 10.1. The van der Waals surface area contributed by atoms with Crippen LogP contribution in [-0.4, -0.2) is 16.6 Å². The third-order valence-electron chi connectivity index (χ3n) is 1.92. The molecule has 0 heterocycles. The maximum Gasteiger partial charge on any atom is 0.291 e. The van der Waals surface area contributed by atoms with E-state index in [4.69, 9.17) is 23.2 Å². The van der Waals surface area contributed by atoms with E-state index in [0.29, 0.717) is 5.56 Å². The monoisotopic (exact) mass is 247 g/mol. The smallest absolute Gasteiger partial charge is 0.291 e. The molecular weight excluding hydrogens is 241 g/mol. The van der Waals surface area contributed by atoms with Crippen LogP contribution < -0.4 is 0 Å². The molecule has 0 amide bonds. The predicted octanol–water partition coefficient (Wildman–Crippen LogP) is 2.98. The van der Waals surface area contributed by atoms with Crippen LogP contribution in [0.5, 0.6) is 0 Å². The van der Waals surface area contributed by atoms with Gasteiger partial charge in [-0.3, -0.25) is 14.9 Å². The van der Waals surface area contributed by atoms with E-state index in [1.165, 1.54) is 12.1 Å². The zero-order valence-electron chi connectivity index (χ0n) is 7.79. The van der Waals surface area contributed by atoms with Crippen molar-refractivity contribution in [1.29, 1.82) is 0 Å². The fourth-order valence-corrected chi connectivity index (χ4v) is 1.70. The van der Waals surface area contributed by atoms with Gasteiger partial charge in [-0.05, 0) is 13.0 Å². The maximum absolute atomic E-state index is 11.3. The topological polar surface area (TPSA) is 60.2 Å². The van der Waals surface area contributed by atoms with E-state index < -0.39 is 10.7 Å². The molecule has 0 aliphatic heterocycles. The SMILES string of the molecule is Cc1ccc(C(=O)CCl)c(Cl)c1[N+](=O)[O-]. The van der Waals surface area contributed by atoms with Crippen LogP contribution in [0.3, 0.4) is 0 Å². The van der Waals surface area contributed by atoms with Crippen molar-refractivity contribution in [3.63, 3.8) is 0 Å². The first kappa shape index (κ1) is 11.9. The Morgan fingerprint density at radius 3 is 2.60 bits per heavy atom. The van der Waals surface area contributed by atoms with Gasteiger partial charge in [-0.15, -0.1) is 11.6 Å². The third kappa shape index (κ3) is 2.27. The van der Waals surface area contributed by atoms with Gasteiger partial charge in [-0.2, -0.15) is 0 Å². The molecule has 0 aliphatic rings. The number of alkyl halides is 1. The van der Waals surface area contributed by atoms with Gasteiger partial charge in [0.2, 0.25) is 0 Å². The molecule has 0 aliphatic carbocycles. The molecule has 0 atom stereocenters. The minimum absolute atomic E-state index is 0.0870. The van der Waals surface area contributed by atoms with Gasteiger partial charge < -0.3 is 0 Å². The molecule has 15 heavy (non-hydrogen) atoms. The summed E-state index contributed by atoms with van der Waals surface area (Å²) in [5.74, 6) is -0.676. The highest BCUT2D eigenvalue weighted by molar-refractivity contribution is 6.38. The number of rotatable bonds is 3. The molecule has 0 bridgehead atoms. The molecule has 0 saturated heterocycles. The van der Waals surface area contributed by atoms with E-state index in [1.807, 2.05) is 0 Å². The van der Waals surface area contributed by atoms with Gasteiger partial charge in [0.1, 0.15) is 5.02 Å². The molecule has 0 saturated carbocycles. The second-order valence-corrected chi connectivity index (χ2v) is 3.55. The lowest BCUT2D eigenvalue weighted by molar-refractivity contribution is -0.385. The van der Waals surface area contributed by atoms with E-state index in [1.54, 1.807) is 6.92 Å². The number of nitro benzene ring substituents is 1. The van der Waals surface area contributed by atoms with Gasteiger partial charge in [0.25, 0.3) is 5.69 Å². The minimum Gasteiger partial charge on any atom is -0.293 e. The van der Waals surface area contributed by atoms with Gasteiger partial charge in [0.05, 0.1) is 10.8 Å². The number of nitrogens with zero attached hydrogens (tertiary/aromatic N) is 1. The van der Waals surface area contributed by atoms with Crippen molar-refractivity contribution >= 4 is 34.7 Å². The Morgan fingerprint density at radius 1 is 1.53 bits per heavy atom. The molecule has 0 radical (unpaired) electrons. The summed E-state index contributed by atoms with van der Waals surface area (Å²) >= 11 is 11.1. The van der Waals surface area contributed by atoms with Crippen molar-refractivity contribution < 1.29 is 9.72 Å². The summed E-state index contributed by atoms with van der Waals surface area (Å²) in [4.78, 5) is 21.4. The van der Waals surface area contributed by atoms with Crippen molar-refractivity contribution in [2.45, 2.75) is 6.92 Å². The molecule has 0 N–H and O–H groups in total. The number of Topliss-reactive ketones (excluding diaryl/α,β-unsaturated/α-hetero) is 1.